The van der Waals surface area contributed by atoms with E-state index in [1.807, 2.05) is 20.8 Å². The van der Waals surface area contributed by atoms with E-state index < -0.39 is 5.60 Å². The molecule has 2 rings (SSSR count). The van der Waals surface area contributed by atoms with Crippen molar-refractivity contribution in [3.05, 3.63) is 0 Å². The molecule has 1 aliphatic carbocycles. The molecule has 2 aliphatic rings. The number of aliphatic hydroxyl groups is 1. The summed E-state index contributed by atoms with van der Waals surface area (Å²) in [5.74, 6) is 0. The smallest absolute Gasteiger partial charge is 0.410 e. The van der Waals surface area contributed by atoms with E-state index in [1.165, 1.54) is 19.3 Å². The standard InChI is InChI=1S/C14H25NO3/c1-13(2,3)18-12(17)15-10-14(11(15)9-16)7-5-4-6-8-14/h11,16H,4-10H2,1-3H3/t11-/m0/s1. The van der Waals surface area contributed by atoms with Crippen molar-refractivity contribution < 1.29 is 14.6 Å². The fourth-order valence-corrected chi connectivity index (χ4v) is 3.32. The summed E-state index contributed by atoms with van der Waals surface area (Å²) in [6.45, 7) is 6.42. The minimum absolute atomic E-state index is 0.0346. The molecule has 1 heterocycles. The fourth-order valence-electron chi connectivity index (χ4n) is 3.32. The average molecular weight is 255 g/mol. The van der Waals surface area contributed by atoms with Crippen LogP contribution in [-0.2, 0) is 4.74 Å². The van der Waals surface area contributed by atoms with Crippen LogP contribution in [0.4, 0.5) is 4.79 Å². The summed E-state index contributed by atoms with van der Waals surface area (Å²) in [4.78, 5) is 13.7. The zero-order chi connectivity index (χ0) is 13.4. The quantitative estimate of drug-likeness (QED) is 0.783. The van der Waals surface area contributed by atoms with Crippen LogP contribution in [0.2, 0.25) is 0 Å². The molecule has 0 unspecified atom stereocenters. The number of amides is 1. The molecule has 0 aromatic carbocycles. The molecule has 18 heavy (non-hydrogen) atoms. The van der Waals surface area contributed by atoms with Gasteiger partial charge in [0.05, 0.1) is 12.6 Å². The summed E-state index contributed by atoms with van der Waals surface area (Å²) in [7, 11) is 0. The maximum absolute atomic E-state index is 12.0. The zero-order valence-electron chi connectivity index (χ0n) is 11.7. The van der Waals surface area contributed by atoms with E-state index >= 15 is 0 Å². The van der Waals surface area contributed by atoms with E-state index in [9.17, 15) is 9.90 Å². The Balaban J connectivity index is 1.98. The normalized spacial score (nSPS) is 26.9. The predicted octanol–water partition coefficient (Wildman–Crippen LogP) is 2.55. The van der Waals surface area contributed by atoms with Crippen molar-refractivity contribution in [3.63, 3.8) is 0 Å². The van der Waals surface area contributed by atoms with Crippen molar-refractivity contribution in [1.29, 1.82) is 0 Å². The van der Waals surface area contributed by atoms with Crippen molar-refractivity contribution >= 4 is 6.09 Å². The lowest BCUT2D eigenvalue weighted by atomic mass is 9.63. The first-order valence-corrected chi connectivity index (χ1v) is 6.98. The first kappa shape index (κ1) is 13.7. The van der Waals surface area contributed by atoms with Gasteiger partial charge in [0.2, 0.25) is 0 Å². The van der Waals surface area contributed by atoms with Crippen molar-refractivity contribution in [2.45, 2.75) is 64.5 Å². The molecule has 1 spiro atoms. The van der Waals surface area contributed by atoms with E-state index in [0.717, 1.165) is 19.4 Å². The van der Waals surface area contributed by atoms with Crippen LogP contribution in [0.25, 0.3) is 0 Å². The molecule has 4 heteroatoms. The molecular formula is C14H25NO3. The topological polar surface area (TPSA) is 49.8 Å². The van der Waals surface area contributed by atoms with Gasteiger partial charge in [0.1, 0.15) is 5.60 Å². The van der Waals surface area contributed by atoms with Gasteiger partial charge in [-0.2, -0.15) is 0 Å². The van der Waals surface area contributed by atoms with Gasteiger partial charge in [0.15, 0.2) is 0 Å². The monoisotopic (exact) mass is 255 g/mol. The van der Waals surface area contributed by atoms with Crippen LogP contribution in [0.15, 0.2) is 0 Å². The lowest BCUT2D eigenvalue weighted by molar-refractivity contribution is -0.114. The second-order valence-corrected chi connectivity index (χ2v) is 6.73. The number of nitrogens with zero attached hydrogens (tertiary/aromatic N) is 1. The zero-order valence-corrected chi connectivity index (χ0v) is 11.7. The molecule has 4 nitrogen and oxygen atoms in total. The van der Waals surface area contributed by atoms with E-state index in [-0.39, 0.29) is 24.2 Å². The van der Waals surface area contributed by atoms with E-state index in [1.54, 1.807) is 4.90 Å². The molecule has 1 saturated heterocycles. The van der Waals surface area contributed by atoms with E-state index in [0.29, 0.717) is 0 Å². The molecule has 0 aromatic rings. The molecule has 1 N–H and O–H groups in total. The molecule has 1 atom stereocenters. The maximum atomic E-state index is 12.0. The second kappa shape index (κ2) is 4.72. The second-order valence-electron chi connectivity index (χ2n) is 6.73. The Labute approximate surface area is 109 Å². The van der Waals surface area contributed by atoms with Gasteiger partial charge in [0.25, 0.3) is 0 Å². The summed E-state index contributed by atoms with van der Waals surface area (Å²) in [6, 6.07) is -0.0346. The number of carbonyl (C=O) groups is 1. The van der Waals surface area contributed by atoms with Crippen LogP contribution in [0.3, 0.4) is 0 Å². The molecule has 1 aliphatic heterocycles. The highest BCUT2D eigenvalue weighted by atomic mass is 16.6. The summed E-state index contributed by atoms with van der Waals surface area (Å²) >= 11 is 0. The SMILES string of the molecule is CC(C)(C)OC(=O)N1CC2(CCCCC2)[C@@H]1CO. The highest BCUT2D eigenvalue weighted by Gasteiger charge is 2.54. The van der Waals surface area contributed by atoms with Gasteiger partial charge in [-0.15, -0.1) is 0 Å². The van der Waals surface area contributed by atoms with Crippen LogP contribution >= 0.6 is 0 Å². The summed E-state index contributed by atoms with van der Waals surface area (Å²) < 4.78 is 5.38. The minimum atomic E-state index is -0.466. The van der Waals surface area contributed by atoms with Crippen molar-refractivity contribution in [2.75, 3.05) is 13.2 Å². The molecular weight excluding hydrogens is 230 g/mol. The Kier molecular flexibility index (Phi) is 3.58. The van der Waals surface area contributed by atoms with Crippen LogP contribution in [-0.4, -0.2) is 40.9 Å². The van der Waals surface area contributed by atoms with Crippen molar-refractivity contribution in [3.8, 4) is 0 Å². The number of rotatable bonds is 1. The number of hydrogen-bond acceptors (Lipinski definition) is 3. The maximum Gasteiger partial charge on any atom is 0.410 e. The lowest BCUT2D eigenvalue weighted by Gasteiger charge is -2.58. The number of hydrogen-bond donors (Lipinski definition) is 1. The molecule has 0 radical (unpaired) electrons. The van der Waals surface area contributed by atoms with Crippen LogP contribution in [0.1, 0.15) is 52.9 Å². The highest BCUT2D eigenvalue weighted by molar-refractivity contribution is 5.70. The van der Waals surface area contributed by atoms with E-state index in [4.69, 9.17) is 4.74 Å². The molecule has 2 fully saturated rings. The Morgan fingerprint density at radius 2 is 1.94 bits per heavy atom. The van der Waals surface area contributed by atoms with Crippen molar-refractivity contribution in [2.24, 2.45) is 5.41 Å². The molecule has 0 aromatic heterocycles. The van der Waals surface area contributed by atoms with Gasteiger partial charge in [-0.05, 0) is 33.6 Å². The number of carbonyl (C=O) groups excluding carboxylic acids is 1. The first-order chi connectivity index (χ1) is 8.38. The van der Waals surface area contributed by atoms with Crippen LogP contribution < -0.4 is 0 Å². The third kappa shape index (κ3) is 2.48. The molecule has 0 bridgehead atoms. The molecule has 1 amide bonds. The third-order valence-electron chi connectivity index (χ3n) is 4.22. The minimum Gasteiger partial charge on any atom is -0.444 e. The Morgan fingerprint density at radius 3 is 2.44 bits per heavy atom. The van der Waals surface area contributed by atoms with Gasteiger partial charge in [-0.25, -0.2) is 4.79 Å². The van der Waals surface area contributed by atoms with Crippen LogP contribution in [0.5, 0.6) is 0 Å². The molecule has 104 valence electrons. The lowest BCUT2D eigenvalue weighted by Crippen LogP contribution is -2.68. The first-order valence-electron chi connectivity index (χ1n) is 6.98. The largest absolute Gasteiger partial charge is 0.444 e. The fraction of sp³-hybridized carbons (Fsp3) is 0.929. The Morgan fingerprint density at radius 1 is 1.33 bits per heavy atom. The van der Waals surface area contributed by atoms with Crippen LogP contribution in [0, 0.1) is 5.41 Å². The highest BCUT2D eigenvalue weighted by Crippen LogP contribution is 2.49. The predicted molar refractivity (Wildman–Crippen MR) is 69.3 cm³/mol. The summed E-state index contributed by atoms with van der Waals surface area (Å²) in [5, 5.41) is 9.57. The van der Waals surface area contributed by atoms with Gasteiger partial charge in [-0.1, -0.05) is 19.3 Å². The third-order valence-corrected chi connectivity index (χ3v) is 4.22. The number of ether oxygens (including phenoxy) is 1. The van der Waals surface area contributed by atoms with Gasteiger partial charge in [-0.3, -0.25) is 0 Å². The Bertz CT molecular complexity index is 315. The summed E-state index contributed by atoms with van der Waals surface area (Å²) in [6.07, 6.45) is 5.72. The van der Waals surface area contributed by atoms with Gasteiger partial charge < -0.3 is 14.7 Å². The number of likely N-dealkylation sites (tertiary alicyclic amines) is 1. The van der Waals surface area contributed by atoms with Crippen molar-refractivity contribution in [1.82, 2.24) is 4.90 Å². The average Bonchev–Trinajstić information content (AvgIpc) is 2.25. The van der Waals surface area contributed by atoms with E-state index in [2.05, 4.69) is 0 Å². The Hall–Kier alpha value is -0.770. The summed E-state index contributed by atoms with van der Waals surface area (Å²) in [5.41, 5.74) is -0.295. The van der Waals surface area contributed by atoms with Gasteiger partial charge >= 0.3 is 6.09 Å². The van der Waals surface area contributed by atoms with Gasteiger partial charge in [0, 0.05) is 12.0 Å². The number of aliphatic hydroxyl groups excluding tert-OH is 1. The molecule has 1 saturated carbocycles.